The molecule has 1 fully saturated rings. The van der Waals surface area contributed by atoms with E-state index in [-0.39, 0.29) is 0 Å². The molecule has 1 aliphatic carbocycles. The molecule has 1 aromatic rings. The van der Waals surface area contributed by atoms with Gasteiger partial charge in [-0.05, 0) is 49.3 Å². The predicted octanol–water partition coefficient (Wildman–Crippen LogP) is 5.07. The molecule has 100 valence electrons. The topological polar surface area (TPSA) is 12.0 Å². The lowest BCUT2D eigenvalue weighted by Gasteiger charge is -2.37. The maximum atomic E-state index is 3.80. The Bertz CT molecular complexity index is 400. The van der Waals surface area contributed by atoms with Crippen LogP contribution in [0.25, 0.3) is 0 Å². The van der Waals surface area contributed by atoms with Gasteiger partial charge in [-0.1, -0.05) is 48.3 Å². The van der Waals surface area contributed by atoms with Gasteiger partial charge >= 0.3 is 0 Å². The highest BCUT2D eigenvalue weighted by Crippen LogP contribution is 2.36. The van der Waals surface area contributed by atoms with Crippen molar-refractivity contribution in [3.8, 4) is 0 Å². The molecule has 1 nitrogen and oxygen atoms in total. The third kappa shape index (κ3) is 3.83. The molecule has 0 aliphatic heterocycles. The molecule has 2 rings (SSSR count). The molecular formula is C16H24BrN. The summed E-state index contributed by atoms with van der Waals surface area (Å²) in [5.41, 5.74) is 1.88. The van der Waals surface area contributed by atoms with Crippen LogP contribution >= 0.6 is 15.9 Å². The van der Waals surface area contributed by atoms with Crippen molar-refractivity contribution < 1.29 is 0 Å². The largest absolute Gasteiger partial charge is 0.307 e. The highest BCUT2D eigenvalue weighted by atomic mass is 79.9. The van der Waals surface area contributed by atoms with Gasteiger partial charge in [0.1, 0.15) is 0 Å². The molecule has 0 heterocycles. The summed E-state index contributed by atoms with van der Waals surface area (Å²) < 4.78 is 1.16. The Morgan fingerprint density at radius 1 is 1.39 bits per heavy atom. The van der Waals surface area contributed by atoms with Crippen LogP contribution in [0.1, 0.15) is 58.1 Å². The molecule has 0 spiro atoms. The van der Waals surface area contributed by atoms with Crippen LogP contribution in [0.4, 0.5) is 0 Å². The number of nitrogens with one attached hydrogen (secondary N) is 1. The summed E-state index contributed by atoms with van der Waals surface area (Å²) >= 11 is 3.55. The van der Waals surface area contributed by atoms with Crippen LogP contribution in [0, 0.1) is 5.41 Å². The van der Waals surface area contributed by atoms with Crippen LogP contribution < -0.4 is 5.32 Å². The normalized spacial score (nSPS) is 24.8. The van der Waals surface area contributed by atoms with E-state index in [0.29, 0.717) is 17.5 Å². The minimum absolute atomic E-state index is 0.432. The number of benzene rings is 1. The quantitative estimate of drug-likeness (QED) is 0.822. The number of hydrogen-bond donors (Lipinski definition) is 1. The smallest absolute Gasteiger partial charge is 0.0294 e. The molecule has 0 radical (unpaired) electrons. The summed E-state index contributed by atoms with van der Waals surface area (Å²) in [4.78, 5) is 0. The molecule has 2 atom stereocenters. The SMILES string of the molecule is C[C@H](NC1CCCC(C)(C)C1)c1cccc(Br)c1. The Kier molecular flexibility index (Phi) is 4.50. The van der Waals surface area contributed by atoms with E-state index in [0.717, 1.165) is 4.47 Å². The maximum Gasteiger partial charge on any atom is 0.0294 e. The van der Waals surface area contributed by atoms with E-state index >= 15 is 0 Å². The van der Waals surface area contributed by atoms with Crippen molar-refractivity contribution in [3.63, 3.8) is 0 Å². The third-order valence-electron chi connectivity index (χ3n) is 4.04. The molecular weight excluding hydrogens is 286 g/mol. The molecule has 1 N–H and O–H groups in total. The van der Waals surface area contributed by atoms with Crippen molar-refractivity contribution in [1.29, 1.82) is 0 Å². The first-order valence-electron chi connectivity index (χ1n) is 6.98. The minimum atomic E-state index is 0.432. The number of rotatable bonds is 3. The zero-order valence-corrected chi connectivity index (χ0v) is 13.3. The van der Waals surface area contributed by atoms with Crippen LogP contribution in [-0.2, 0) is 0 Å². The Hall–Kier alpha value is -0.340. The Balaban J connectivity index is 1.97. The van der Waals surface area contributed by atoms with Crippen LogP contribution in [0.5, 0.6) is 0 Å². The zero-order chi connectivity index (χ0) is 13.2. The highest BCUT2D eigenvalue weighted by Gasteiger charge is 2.28. The summed E-state index contributed by atoms with van der Waals surface area (Å²) in [6.07, 6.45) is 5.35. The Labute approximate surface area is 119 Å². The van der Waals surface area contributed by atoms with Crippen molar-refractivity contribution in [3.05, 3.63) is 34.3 Å². The second-order valence-electron chi connectivity index (χ2n) is 6.40. The van der Waals surface area contributed by atoms with Crippen molar-refractivity contribution in [2.75, 3.05) is 0 Å². The van der Waals surface area contributed by atoms with E-state index in [9.17, 15) is 0 Å². The highest BCUT2D eigenvalue weighted by molar-refractivity contribution is 9.10. The van der Waals surface area contributed by atoms with Gasteiger partial charge in [0, 0.05) is 16.6 Å². The summed E-state index contributed by atoms with van der Waals surface area (Å²) in [5.74, 6) is 0. The fourth-order valence-corrected chi connectivity index (χ4v) is 3.48. The first-order chi connectivity index (χ1) is 8.46. The van der Waals surface area contributed by atoms with Gasteiger partial charge in [0.15, 0.2) is 0 Å². The number of hydrogen-bond acceptors (Lipinski definition) is 1. The number of halogens is 1. The fourth-order valence-electron chi connectivity index (χ4n) is 3.07. The van der Waals surface area contributed by atoms with Gasteiger partial charge in [0.25, 0.3) is 0 Å². The van der Waals surface area contributed by atoms with Gasteiger partial charge in [-0.25, -0.2) is 0 Å². The molecule has 1 aromatic carbocycles. The molecule has 2 heteroatoms. The Morgan fingerprint density at radius 2 is 2.17 bits per heavy atom. The first kappa shape index (κ1) is 14.1. The lowest BCUT2D eigenvalue weighted by molar-refractivity contribution is 0.191. The van der Waals surface area contributed by atoms with Crippen molar-refractivity contribution >= 4 is 15.9 Å². The second-order valence-corrected chi connectivity index (χ2v) is 7.32. The van der Waals surface area contributed by atoms with E-state index in [1.54, 1.807) is 0 Å². The average Bonchev–Trinajstić information content (AvgIpc) is 2.27. The molecule has 1 aliphatic rings. The second kappa shape index (κ2) is 5.75. The lowest BCUT2D eigenvalue weighted by Crippen LogP contribution is -2.38. The van der Waals surface area contributed by atoms with Gasteiger partial charge in [-0.15, -0.1) is 0 Å². The van der Waals surface area contributed by atoms with Gasteiger partial charge in [-0.2, -0.15) is 0 Å². The minimum Gasteiger partial charge on any atom is -0.307 e. The van der Waals surface area contributed by atoms with Crippen LogP contribution in [0.3, 0.4) is 0 Å². The van der Waals surface area contributed by atoms with E-state index in [4.69, 9.17) is 0 Å². The first-order valence-corrected chi connectivity index (χ1v) is 7.77. The van der Waals surface area contributed by atoms with Gasteiger partial charge < -0.3 is 5.32 Å². The Morgan fingerprint density at radius 3 is 2.83 bits per heavy atom. The van der Waals surface area contributed by atoms with Crippen molar-refractivity contribution in [2.24, 2.45) is 5.41 Å². The molecule has 1 saturated carbocycles. The van der Waals surface area contributed by atoms with Crippen LogP contribution in [0.15, 0.2) is 28.7 Å². The third-order valence-corrected chi connectivity index (χ3v) is 4.53. The molecule has 0 amide bonds. The standard InChI is InChI=1S/C16H24BrN/c1-12(13-6-4-7-14(17)10-13)18-15-8-5-9-16(2,3)11-15/h4,6-7,10,12,15,18H,5,8-9,11H2,1-3H3/t12-,15?/m0/s1. The summed E-state index contributed by atoms with van der Waals surface area (Å²) in [7, 11) is 0. The van der Waals surface area contributed by atoms with E-state index < -0.39 is 0 Å². The van der Waals surface area contributed by atoms with Crippen LogP contribution in [0.2, 0.25) is 0 Å². The van der Waals surface area contributed by atoms with E-state index in [1.165, 1.54) is 31.2 Å². The summed E-state index contributed by atoms with van der Waals surface area (Å²) in [6, 6.07) is 9.72. The molecule has 0 aromatic heterocycles. The molecule has 1 unspecified atom stereocenters. The van der Waals surface area contributed by atoms with Crippen molar-refractivity contribution in [2.45, 2.75) is 58.5 Å². The molecule has 0 saturated heterocycles. The van der Waals surface area contributed by atoms with Crippen molar-refractivity contribution in [1.82, 2.24) is 5.32 Å². The van der Waals surface area contributed by atoms with Crippen LogP contribution in [-0.4, -0.2) is 6.04 Å². The van der Waals surface area contributed by atoms with Gasteiger partial charge in [0.2, 0.25) is 0 Å². The summed E-state index contributed by atoms with van der Waals surface area (Å²) in [5, 5.41) is 3.80. The molecule has 18 heavy (non-hydrogen) atoms. The summed E-state index contributed by atoms with van der Waals surface area (Å²) in [6.45, 7) is 7.05. The zero-order valence-electron chi connectivity index (χ0n) is 11.7. The monoisotopic (exact) mass is 309 g/mol. The van der Waals surface area contributed by atoms with Gasteiger partial charge in [0.05, 0.1) is 0 Å². The van der Waals surface area contributed by atoms with Gasteiger partial charge in [-0.3, -0.25) is 0 Å². The molecule has 0 bridgehead atoms. The maximum absolute atomic E-state index is 3.80. The predicted molar refractivity (Wildman–Crippen MR) is 81.7 cm³/mol. The lowest BCUT2D eigenvalue weighted by atomic mass is 9.75. The average molecular weight is 310 g/mol. The fraction of sp³-hybridized carbons (Fsp3) is 0.625. The van der Waals surface area contributed by atoms with E-state index in [1.807, 2.05) is 0 Å². The van der Waals surface area contributed by atoms with E-state index in [2.05, 4.69) is 66.3 Å².